The van der Waals surface area contributed by atoms with Crippen LogP contribution in [0.4, 0.5) is 0 Å². The molecule has 0 aromatic heterocycles. The largest absolute Gasteiger partial charge is 0.376 e. The molecule has 0 aromatic carbocycles. The maximum Gasteiger partial charge on any atom is 0.224 e. The Bertz CT molecular complexity index is 301. The standard InChI is InChI=1S/C16H30N2O2.ClH/c1-13-5-7-14(8-6-13)18(16(19)9-10-17-2)12-15-4-3-11-20-15;/h13-15,17H,3-12H2,1-2H3;1H. The van der Waals surface area contributed by atoms with Crippen LogP contribution in [0, 0.1) is 5.92 Å². The van der Waals surface area contributed by atoms with E-state index in [0.29, 0.717) is 18.4 Å². The number of ether oxygens (including phenoxy) is 1. The summed E-state index contributed by atoms with van der Waals surface area (Å²) in [6.45, 7) is 4.76. The Kier molecular flexibility index (Phi) is 8.60. The highest BCUT2D eigenvalue weighted by molar-refractivity contribution is 5.85. The third kappa shape index (κ3) is 5.76. The number of carbonyl (C=O) groups excluding carboxylic acids is 1. The van der Waals surface area contributed by atoms with E-state index >= 15 is 0 Å². The van der Waals surface area contributed by atoms with Crippen LogP contribution in [0.2, 0.25) is 0 Å². The second-order valence-corrected chi connectivity index (χ2v) is 6.45. The van der Waals surface area contributed by atoms with E-state index in [1.54, 1.807) is 0 Å². The van der Waals surface area contributed by atoms with Gasteiger partial charge in [-0.05, 0) is 51.5 Å². The van der Waals surface area contributed by atoms with Crippen LogP contribution in [0.25, 0.3) is 0 Å². The molecule has 1 saturated heterocycles. The maximum absolute atomic E-state index is 12.5. The third-order valence-electron chi connectivity index (χ3n) is 4.76. The van der Waals surface area contributed by atoms with Crippen molar-refractivity contribution in [1.82, 2.24) is 10.2 Å². The van der Waals surface area contributed by atoms with Crippen LogP contribution >= 0.6 is 12.4 Å². The van der Waals surface area contributed by atoms with Crippen molar-refractivity contribution in [3.8, 4) is 0 Å². The number of hydrogen-bond donors (Lipinski definition) is 1. The zero-order valence-corrected chi connectivity index (χ0v) is 14.3. The van der Waals surface area contributed by atoms with Crippen molar-refractivity contribution in [2.24, 2.45) is 5.92 Å². The van der Waals surface area contributed by atoms with Crippen molar-refractivity contribution in [3.63, 3.8) is 0 Å². The van der Waals surface area contributed by atoms with Crippen molar-refractivity contribution >= 4 is 18.3 Å². The fourth-order valence-corrected chi connectivity index (χ4v) is 3.39. The summed E-state index contributed by atoms with van der Waals surface area (Å²) in [5, 5.41) is 3.08. The summed E-state index contributed by atoms with van der Waals surface area (Å²) in [5.41, 5.74) is 0. The molecule has 0 aromatic rings. The molecule has 0 bridgehead atoms. The molecule has 1 unspecified atom stereocenters. The molecule has 1 aliphatic heterocycles. The highest BCUT2D eigenvalue weighted by Crippen LogP contribution is 2.28. The van der Waals surface area contributed by atoms with Gasteiger partial charge in [-0.1, -0.05) is 6.92 Å². The summed E-state index contributed by atoms with van der Waals surface area (Å²) in [4.78, 5) is 14.6. The number of amides is 1. The highest BCUT2D eigenvalue weighted by atomic mass is 35.5. The Morgan fingerprint density at radius 3 is 2.52 bits per heavy atom. The fraction of sp³-hybridized carbons (Fsp3) is 0.938. The lowest BCUT2D eigenvalue weighted by molar-refractivity contribution is -0.136. The predicted molar refractivity (Wildman–Crippen MR) is 87.9 cm³/mol. The van der Waals surface area contributed by atoms with Gasteiger partial charge < -0.3 is 15.0 Å². The summed E-state index contributed by atoms with van der Waals surface area (Å²) in [6.07, 6.45) is 7.98. The lowest BCUT2D eigenvalue weighted by Crippen LogP contribution is -2.46. The minimum atomic E-state index is 0. The van der Waals surface area contributed by atoms with E-state index in [9.17, 15) is 4.79 Å². The second kappa shape index (κ2) is 9.65. The molecule has 2 fully saturated rings. The average Bonchev–Trinajstić information content (AvgIpc) is 2.96. The SMILES string of the molecule is CNCCC(=O)N(CC1CCCO1)C1CCC(C)CC1.Cl. The first kappa shape index (κ1) is 18.7. The Balaban J connectivity index is 0.00000220. The maximum atomic E-state index is 12.5. The van der Waals surface area contributed by atoms with E-state index in [1.807, 2.05) is 7.05 Å². The molecule has 1 amide bonds. The number of halogens is 1. The van der Waals surface area contributed by atoms with Crippen LogP contribution in [0.3, 0.4) is 0 Å². The van der Waals surface area contributed by atoms with Gasteiger partial charge in [-0.25, -0.2) is 0 Å². The van der Waals surface area contributed by atoms with Crippen LogP contribution in [0.1, 0.15) is 51.9 Å². The molecule has 4 nitrogen and oxygen atoms in total. The number of carbonyl (C=O) groups is 1. The summed E-state index contributed by atoms with van der Waals surface area (Å²) in [7, 11) is 1.90. The van der Waals surface area contributed by atoms with Crippen LogP contribution < -0.4 is 5.32 Å². The molecular weight excluding hydrogens is 288 g/mol. The van der Waals surface area contributed by atoms with Crippen molar-refractivity contribution in [2.45, 2.75) is 64.0 Å². The Hall–Kier alpha value is -0.320. The topological polar surface area (TPSA) is 41.6 Å². The number of rotatable bonds is 6. The predicted octanol–water partition coefficient (Wildman–Crippen LogP) is 2.60. The Morgan fingerprint density at radius 1 is 1.24 bits per heavy atom. The zero-order valence-electron chi connectivity index (χ0n) is 13.5. The van der Waals surface area contributed by atoms with Crippen molar-refractivity contribution in [3.05, 3.63) is 0 Å². The Morgan fingerprint density at radius 2 is 1.95 bits per heavy atom. The van der Waals surface area contributed by atoms with E-state index in [0.717, 1.165) is 38.5 Å². The van der Waals surface area contributed by atoms with E-state index in [1.165, 1.54) is 25.7 Å². The fourth-order valence-electron chi connectivity index (χ4n) is 3.39. The first-order valence-electron chi connectivity index (χ1n) is 8.26. The van der Waals surface area contributed by atoms with Crippen molar-refractivity contribution in [2.75, 3.05) is 26.7 Å². The first-order chi connectivity index (χ1) is 9.70. The molecule has 1 atom stereocenters. The second-order valence-electron chi connectivity index (χ2n) is 6.45. The molecule has 0 radical (unpaired) electrons. The highest BCUT2D eigenvalue weighted by Gasteiger charge is 2.30. The van der Waals surface area contributed by atoms with Crippen LogP contribution in [-0.2, 0) is 9.53 Å². The molecule has 5 heteroatoms. The van der Waals surface area contributed by atoms with Crippen LogP contribution in [-0.4, -0.2) is 49.7 Å². The van der Waals surface area contributed by atoms with Gasteiger partial charge in [0.25, 0.3) is 0 Å². The smallest absolute Gasteiger partial charge is 0.224 e. The van der Waals surface area contributed by atoms with E-state index < -0.39 is 0 Å². The average molecular weight is 319 g/mol. The molecule has 1 aliphatic carbocycles. The van der Waals surface area contributed by atoms with Crippen molar-refractivity contribution < 1.29 is 9.53 Å². The van der Waals surface area contributed by atoms with Gasteiger partial charge in [0.05, 0.1) is 6.10 Å². The summed E-state index contributed by atoms with van der Waals surface area (Å²) in [6, 6.07) is 0.444. The lowest BCUT2D eigenvalue weighted by atomic mass is 9.86. The number of nitrogens with zero attached hydrogens (tertiary/aromatic N) is 1. The summed E-state index contributed by atoms with van der Waals surface area (Å²) < 4.78 is 5.74. The molecule has 1 N–H and O–H groups in total. The normalized spacial score (nSPS) is 29.0. The lowest BCUT2D eigenvalue weighted by Gasteiger charge is -2.37. The summed E-state index contributed by atoms with van der Waals surface area (Å²) in [5.74, 6) is 1.12. The molecule has 1 heterocycles. The minimum Gasteiger partial charge on any atom is -0.376 e. The van der Waals surface area contributed by atoms with Gasteiger partial charge in [0, 0.05) is 32.2 Å². The van der Waals surface area contributed by atoms with Gasteiger partial charge in [0.2, 0.25) is 5.91 Å². The van der Waals surface area contributed by atoms with E-state index in [-0.39, 0.29) is 18.5 Å². The van der Waals surface area contributed by atoms with Crippen molar-refractivity contribution in [1.29, 1.82) is 0 Å². The van der Waals surface area contributed by atoms with Gasteiger partial charge in [0.15, 0.2) is 0 Å². The quantitative estimate of drug-likeness (QED) is 0.818. The monoisotopic (exact) mass is 318 g/mol. The van der Waals surface area contributed by atoms with Crippen LogP contribution in [0.5, 0.6) is 0 Å². The first-order valence-corrected chi connectivity index (χ1v) is 8.26. The Labute approximate surface area is 135 Å². The van der Waals surface area contributed by atoms with Crippen LogP contribution in [0.15, 0.2) is 0 Å². The third-order valence-corrected chi connectivity index (χ3v) is 4.76. The van der Waals surface area contributed by atoms with Gasteiger partial charge in [0.1, 0.15) is 0 Å². The minimum absolute atomic E-state index is 0. The summed E-state index contributed by atoms with van der Waals surface area (Å²) >= 11 is 0. The molecule has 21 heavy (non-hydrogen) atoms. The van der Waals surface area contributed by atoms with Gasteiger partial charge >= 0.3 is 0 Å². The van der Waals surface area contributed by atoms with Gasteiger partial charge in [-0.15, -0.1) is 12.4 Å². The van der Waals surface area contributed by atoms with E-state index in [2.05, 4.69) is 17.1 Å². The van der Waals surface area contributed by atoms with Gasteiger partial charge in [-0.3, -0.25) is 4.79 Å². The molecule has 1 saturated carbocycles. The number of nitrogens with one attached hydrogen (secondary N) is 1. The number of hydrogen-bond acceptors (Lipinski definition) is 3. The molecular formula is C16H31ClN2O2. The zero-order chi connectivity index (χ0) is 14.4. The molecule has 2 aliphatic rings. The molecule has 0 spiro atoms. The molecule has 124 valence electrons. The van der Waals surface area contributed by atoms with Gasteiger partial charge in [-0.2, -0.15) is 0 Å². The molecule has 2 rings (SSSR count). The van der Waals surface area contributed by atoms with E-state index in [4.69, 9.17) is 4.74 Å².